The maximum atomic E-state index is 6.18. The van der Waals surface area contributed by atoms with Crippen molar-refractivity contribution in [3.63, 3.8) is 0 Å². The fourth-order valence-electron chi connectivity index (χ4n) is 2.15. The molecular weight excluding hydrogens is 353 g/mol. The Morgan fingerprint density at radius 1 is 0.957 bits per heavy atom. The minimum Gasteiger partial charge on any atom is -0.489 e. The van der Waals surface area contributed by atoms with Crippen molar-refractivity contribution in [1.29, 1.82) is 0 Å². The van der Waals surface area contributed by atoms with Gasteiger partial charge in [-0.1, -0.05) is 54.2 Å². The molecule has 0 atom stereocenters. The molecule has 0 radical (unpaired) electrons. The molecule has 0 aliphatic heterocycles. The van der Waals surface area contributed by atoms with E-state index in [1.807, 2.05) is 24.3 Å². The summed E-state index contributed by atoms with van der Waals surface area (Å²) in [6.45, 7) is 4.26. The molecule has 1 N–H and O–H groups in total. The molecule has 0 amide bonds. The SMILES string of the molecule is CCCCNCc1cc(Cl)ccc1OCc1ccc(Cl)cc1Cl. The van der Waals surface area contributed by atoms with Crippen molar-refractivity contribution < 1.29 is 4.74 Å². The van der Waals surface area contributed by atoms with E-state index in [1.165, 1.54) is 6.42 Å². The molecule has 0 fully saturated rings. The van der Waals surface area contributed by atoms with Crippen LogP contribution in [0.3, 0.4) is 0 Å². The van der Waals surface area contributed by atoms with Crippen LogP contribution in [-0.2, 0) is 13.2 Å². The number of rotatable bonds is 8. The molecule has 0 saturated carbocycles. The summed E-state index contributed by atoms with van der Waals surface area (Å²) >= 11 is 18.2. The largest absolute Gasteiger partial charge is 0.489 e. The van der Waals surface area contributed by atoms with Crippen molar-refractivity contribution in [2.24, 2.45) is 0 Å². The van der Waals surface area contributed by atoms with Crippen molar-refractivity contribution >= 4 is 34.8 Å². The predicted molar refractivity (Wildman–Crippen MR) is 98.9 cm³/mol. The van der Waals surface area contributed by atoms with E-state index in [1.54, 1.807) is 12.1 Å². The number of benzene rings is 2. The summed E-state index contributed by atoms with van der Waals surface area (Å²) in [5.74, 6) is 0.810. The van der Waals surface area contributed by atoms with E-state index in [2.05, 4.69) is 12.2 Å². The normalized spacial score (nSPS) is 10.8. The van der Waals surface area contributed by atoms with Crippen LogP contribution in [0.4, 0.5) is 0 Å². The summed E-state index contributed by atoms with van der Waals surface area (Å²) in [6, 6.07) is 11.1. The van der Waals surface area contributed by atoms with Gasteiger partial charge in [0.1, 0.15) is 12.4 Å². The summed E-state index contributed by atoms with van der Waals surface area (Å²) < 4.78 is 5.93. The summed E-state index contributed by atoms with van der Waals surface area (Å²) in [5.41, 5.74) is 1.94. The molecule has 2 aromatic rings. The van der Waals surface area contributed by atoms with Gasteiger partial charge in [-0.15, -0.1) is 0 Å². The molecular formula is C18H20Cl3NO. The molecule has 0 saturated heterocycles. The molecule has 0 unspecified atom stereocenters. The van der Waals surface area contributed by atoms with Gasteiger partial charge in [0.25, 0.3) is 0 Å². The average Bonchev–Trinajstić information content (AvgIpc) is 2.52. The highest BCUT2D eigenvalue weighted by Gasteiger charge is 2.07. The highest BCUT2D eigenvalue weighted by molar-refractivity contribution is 6.35. The standard InChI is InChI=1S/C18H20Cl3NO/c1-2-3-8-22-11-14-9-15(19)6-7-18(14)23-12-13-4-5-16(20)10-17(13)21/h4-7,9-10,22H,2-3,8,11-12H2,1H3. The summed E-state index contributed by atoms with van der Waals surface area (Å²) in [5, 5.41) is 5.33. The summed E-state index contributed by atoms with van der Waals surface area (Å²) in [7, 11) is 0. The first-order valence-electron chi connectivity index (χ1n) is 7.66. The smallest absolute Gasteiger partial charge is 0.124 e. The third-order valence-corrected chi connectivity index (χ3v) is 4.27. The van der Waals surface area contributed by atoms with Gasteiger partial charge in [-0.2, -0.15) is 0 Å². The lowest BCUT2D eigenvalue weighted by atomic mass is 10.2. The molecule has 0 bridgehead atoms. The molecule has 23 heavy (non-hydrogen) atoms. The minimum atomic E-state index is 0.388. The maximum absolute atomic E-state index is 6.18. The van der Waals surface area contributed by atoms with Gasteiger partial charge >= 0.3 is 0 Å². The first-order chi connectivity index (χ1) is 11.1. The fourth-order valence-corrected chi connectivity index (χ4v) is 2.80. The predicted octanol–water partition coefficient (Wildman–Crippen LogP) is 6.12. The van der Waals surface area contributed by atoms with Crippen LogP contribution in [0.2, 0.25) is 15.1 Å². The first-order valence-corrected chi connectivity index (χ1v) is 8.79. The quantitative estimate of drug-likeness (QED) is 0.564. The minimum absolute atomic E-state index is 0.388. The number of hydrogen-bond acceptors (Lipinski definition) is 2. The zero-order valence-corrected chi connectivity index (χ0v) is 15.3. The Kier molecular flexibility index (Phi) is 7.51. The van der Waals surface area contributed by atoms with Gasteiger partial charge in [0.15, 0.2) is 0 Å². The van der Waals surface area contributed by atoms with E-state index in [4.69, 9.17) is 39.5 Å². The van der Waals surface area contributed by atoms with Crippen LogP contribution in [0, 0.1) is 0 Å². The van der Waals surface area contributed by atoms with Crippen LogP contribution in [0.1, 0.15) is 30.9 Å². The van der Waals surface area contributed by atoms with Crippen molar-refractivity contribution in [2.45, 2.75) is 32.9 Å². The zero-order valence-electron chi connectivity index (χ0n) is 13.0. The van der Waals surface area contributed by atoms with Gasteiger partial charge in [0, 0.05) is 32.7 Å². The molecule has 0 aromatic heterocycles. The lowest BCUT2D eigenvalue weighted by Crippen LogP contribution is -2.15. The van der Waals surface area contributed by atoms with E-state index in [-0.39, 0.29) is 0 Å². The van der Waals surface area contributed by atoms with Crippen molar-refractivity contribution in [3.8, 4) is 5.75 Å². The molecule has 2 rings (SSSR count). The molecule has 2 aromatic carbocycles. The van der Waals surface area contributed by atoms with Crippen LogP contribution in [-0.4, -0.2) is 6.54 Å². The average molecular weight is 373 g/mol. The van der Waals surface area contributed by atoms with Gasteiger partial charge in [-0.3, -0.25) is 0 Å². The molecule has 124 valence electrons. The van der Waals surface area contributed by atoms with E-state index in [9.17, 15) is 0 Å². The monoisotopic (exact) mass is 371 g/mol. The molecule has 0 heterocycles. The topological polar surface area (TPSA) is 21.3 Å². The third kappa shape index (κ3) is 5.89. The number of nitrogens with one attached hydrogen (secondary N) is 1. The zero-order chi connectivity index (χ0) is 16.7. The third-order valence-electron chi connectivity index (χ3n) is 3.44. The van der Waals surface area contributed by atoms with Gasteiger partial charge < -0.3 is 10.1 Å². The van der Waals surface area contributed by atoms with Gasteiger partial charge in [0.2, 0.25) is 0 Å². The number of hydrogen-bond donors (Lipinski definition) is 1. The first kappa shape index (κ1) is 18.4. The molecule has 0 spiro atoms. The van der Waals surface area contributed by atoms with Crippen LogP contribution >= 0.6 is 34.8 Å². The van der Waals surface area contributed by atoms with E-state index >= 15 is 0 Å². The Morgan fingerprint density at radius 3 is 2.43 bits per heavy atom. The molecule has 2 nitrogen and oxygen atoms in total. The number of unbranched alkanes of at least 4 members (excludes halogenated alkanes) is 1. The maximum Gasteiger partial charge on any atom is 0.124 e. The van der Waals surface area contributed by atoms with Crippen LogP contribution in [0.25, 0.3) is 0 Å². The summed E-state index contributed by atoms with van der Waals surface area (Å²) in [6.07, 6.45) is 2.32. The molecule has 0 aliphatic carbocycles. The molecule has 5 heteroatoms. The second kappa shape index (κ2) is 9.39. The van der Waals surface area contributed by atoms with E-state index < -0.39 is 0 Å². The molecule has 0 aliphatic rings. The lowest BCUT2D eigenvalue weighted by molar-refractivity contribution is 0.302. The van der Waals surface area contributed by atoms with Crippen molar-refractivity contribution in [3.05, 3.63) is 62.6 Å². The second-order valence-electron chi connectivity index (χ2n) is 5.31. The Hall–Kier alpha value is -0.930. The Morgan fingerprint density at radius 2 is 1.70 bits per heavy atom. The Bertz CT molecular complexity index is 646. The number of ether oxygens (including phenoxy) is 1. The van der Waals surface area contributed by atoms with Gasteiger partial charge in [-0.05, 0) is 43.3 Å². The van der Waals surface area contributed by atoms with Crippen LogP contribution < -0.4 is 10.1 Å². The Labute approximate surface area is 152 Å². The number of halogens is 3. The highest BCUT2D eigenvalue weighted by Crippen LogP contribution is 2.26. The van der Waals surface area contributed by atoms with Crippen molar-refractivity contribution in [1.82, 2.24) is 5.32 Å². The van der Waals surface area contributed by atoms with Gasteiger partial charge in [0.05, 0.1) is 0 Å². The van der Waals surface area contributed by atoms with Crippen LogP contribution in [0.15, 0.2) is 36.4 Å². The van der Waals surface area contributed by atoms with E-state index in [0.717, 1.165) is 36.4 Å². The Balaban J connectivity index is 2.03. The van der Waals surface area contributed by atoms with Gasteiger partial charge in [-0.25, -0.2) is 0 Å². The highest BCUT2D eigenvalue weighted by atomic mass is 35.5. The fraction of sp³-hybridized carbons (Fsp3) is 0.333. The van der Waals surface area contributed by atoms with Crippen LogP contribution in [0.5, 0.6) is 5.75 Å². The second-order valence-corrected chi connectivity index (χ2v) is 6.59. The summed E-state index contributed by atoms with van der Waals surface area (Å²) in [4.78, 5) is 0. The van der Waals surface area contributed by atoms with E-state index in [0.29, 0.717) is 21.7 Å². The van der Waals surface area contributed by atoms with Crippen molar-refractivity contribution in [2.75, 3.05) is 6.54 Å². The lowest BCUT2D eigenvalue weighted by Gasteiger charge is -2.13.